The average molecular weight is 266 g/mol. The predicted molar refractivity (Wildman–Crippen MR) is 79.6 cm³/mol. The first-order valence-corrected chi connectivity index (χ1v) is 6.95. The van der Waals surface area contributed by atoms with Gasteiger partial charge in [-0.3, -0.25) is 4.98 Å². The van der Waals surface area contributed by atoms with E-state index in [1.165, 1.54) is 11.1 Å². The van der Waals surface area contributed by atoms with Gasteiger partial charge in [0.15, 0.2) is 0 Å². The molecule has 102 valence electrons. The van der Waals surface area contributed by atoms with E-state index in [-0.39, 0.29) is 6.04 Å². The minimum Gasteiger partial charge on any atom is -0.306 e. The molecule has 0 aromatic carbocycles. The fraction of sp³-hybridized carbons (Fsp3) is 0.250. The van der Waals surface area contributed by atoms with Crippen molar-refractivity contribution in [1.82, 2.24) is 19.9 Å². The lowest BCUT2D eigenvalue weighted by molar-refractivity contribution is 0.600. The summed E-state index contributed by atoms with van der Waals surface area (Å²) in [5.74, 6) is 0. The summed E-state index contributed by atoms with van der Waals surface area (Å²) in [6.07, 6.45) is 8.72. The Labute approximate surface area is 118 Å². The van der Waals surface area contributed by atoms with Gasteiger partial charge in [0.2, 0.25) is 0 Å². The Balaban J connectivity index is 2.05. The number of nitrogens with one attached hydrogen (secondary N) is 1. The first kappa shape index (κ1) is 12.8. The summed E-state index contributed by atoms with van der Waals surface area (Å²) in [4.78, 5) is 4.24. The van der Waals surface area contributed by atoms with Crippen LogP contribution >= 0.6 is 0 Å². The van der Waals surface area contributed by atoms with Crippen LogP contribution in [0.2, 0.25) is 0 Å². The topological polar surface area (TPSA) is 42.2 Å². The summed E-state index contributed by atoms with van der Waals surface area (Å²) in [5.41, 5.74) is 3.48. The Morgan fingerprint density at radius 1 is 1.20 bits per heavy atom. The quantitative estimate of drug-likeness (QED) is 0.772. The standard InChI is InChI=1S/C16H18N4/c1-2-8-18-16(13-6-5-9-17-11-13)14-12-19-20-10-4-3-7-15(14)20/h3-7,9-12,16,18H,2,8H2,1H3. The number of fused-ring (bicyclic) bond motifs is 1. The predicted octanol–water partition coefficient (Wildman–Crippen LogP) is 2.82. The first-order valence-electron chi connectivity index (χ1n) is 6.95. The third kappa shape index (κ3) is 2.42. The summed E-state index contributed by atoms with van der Waals surface area (Å²) in [6.45, 7) is 3.13. The van der Waals surface area contributed by atoms with Gasteiger partial charge in [-0.05, 0) is 36.7 Å². The number of pyridine rings is 2. The number of hydrogen-bond donors (Lipinski definition) is 1. The number of aromatic nitrogens is 3. The molecule has 3 heterocycles. The minimum atomic E-state index is 0.128. The van der Waals surface area contributed by atoms with Gasteiger partial charge >= 0.3 is 0 Å². The molecule has 0 aliphatic carbocycles. The molecule has 4 nitrogen and oxygen atoms in total. The lowest BCUT2D eigenvalue weighted by Gasteiger charge is -2.17. The second-order valence-electron chi connectivity index (χ2n) is 4.80. The van der Waals surface area contributed by atoms with E-state index in [0.29, 0.717) is 0 Å². The van der Waals surface area contributed by atoms with E-state index in [4.69, 9.17) is 0 Å². The number of hydrogen-bond acceptors (Lipinski definition) is 3. The van der Waals surface area contributed by atoms with Crippen molar-refractivity contribution in [3.8, 4) is 0 Å². The highest BCUT2D eigenvalue weighted by Gasteiger charge is 2.17. The van der Waals surface area contributed by atoms with Crippen LogP contribution in [-0.2, 0) is 0 Å². The molecule has 0 bridgehead atoms. The van der Waals surface area contributed by atoms with E-state index < -0.39 is 0 Å². The van der Waals surface area contributed by atoms with E-state index in [2.05, 4.69) is 34.5 Å². The van der Waals surface area contributed by atoms with Crippen molar-refractivity contribution >= 4 is 5.52 Å². The average Bonchev–Trinajstić information content (AvgIpc) is 2.93. The maximum Gasteiger partial charge on any atom is 0.0712 e. The van der Waals surface area contributed by atoms with Crippen molar-refractivity contribution in [1.29, 1.82) is 0 Å². The van der Waals surface area contributed by atoms with Crippen LogP contribution in [0.4, 0.5) is 0 Å². The second-order valence-corrected chi connectivity index (χ2v) is 4.80. The fourth-order valence-corrected chi connectivity index (χ4v) is 2.42. The third-order valence-corrected chi connectivity index (χ3v) is 3.38. The van der Waals surface area contributed by atoms with Gasteiger partial charge in [-0.25, -0.2) is 4.52 Å². The maximum absolute atomic E-state index is 4.43. The highest BCUT2D eigenvalue weighted by Crippen LogP contribution is 2.25. The lowest BCUT2D eigenvalue weighted by atomic mass is 10.0. The normalized spacial score (nSPS) is 12.7. The van der Waals surface area contributed by atoms with Gasteiger partial charge in [0.05, 0.1) is 17.8 Å². The van der Waals surface area contributed by atoms with Crippen molar-refractivity contribution in [2.24, 2.45) is 0 Å². The zero-order chi connectivity index (χ0) is 13.8. The van der Waals surface area contributed by atoms with Gasteiger partial charge < -0.3 is 5.32 Å². The van der Waals surface area contributed by atoms with Crippen LogP contribution in [0.5, 0.6) is 0 Å². The molecule has 1 unspecified atom stereocenters. The molecule has 3 rings (SSSR count). The first-order chi connectivity index (χ1) is 9.90. The Morgan fingerprint density at radius 3 is 2.95 bits per heavy atom. The van der Waals surface area contributed by atoms with Gasteiger partial charge in [-0.15, -0.1) is 0 Å². The molecule has 4 heteroatoms. The molecule has 1 atom stereocenters. The smallest absolute Gasteiger partial charge is 0.0712 e. The van der Waals surface area contributed by atoms with Gasteiger partial charge in [0.25, 0.3) is 0 Å². The SMILES string of the molecule is CCCNC(c1cccnc1)c1cnn2ccccc12. The van der Waals surface area contributed by atoms with Gasteiger partial charge in [-0.2, -0.15) is 5.10 Å². The van der Waals surface area contributed by atoms with Crippen molar-refractivity contribution in [2.45, 2.75) is 19.4 Å². The zero-order valence-corrected chi connectivity index (χ0v) is 11.5. The van der Waals surface area contributed by atoms with Crippen LogP contribution in [0, 0.1) is 0 Å². The molecular weight excluding hydrogens is 248 g/mol. The molecule has 0 aliphatic rings. The van der Waals surface area contributed by atoms with Crippen LogP contribution in [-0.4, -0.2) is 21.1 Å². The molecule has 20 heavy (non-hydrogen) atoms. The van der Waals surface area contributed by atoms with Crippen LogP contribution in [0.25, 0.3) is 5.52 Å². The molecule has 1 N–H and O–H groups in total. The minimum absolute atomic E-state index is 0.128. The van der Waals surface area contributed by atoms with Crippen LogP contribution in [0.3, 0.4) is 0 Å². The van der Waals surface area contributed by atoms with Gasteiger partial charge in [0, 0.05) is 24.2 Å². The van der Waals surface area contributed by atoms with Gasteiger partial charge in [0.1, 0.15) is 0 Å². The van der Waals surface area contributed by atoms with Crippen molar-refractivity contribution in [3.63, 3.8) is 0 Å². The van der Waals surface area contributed by atoms with Crippen LogP contribution in [0.1, 0.15) is 30.5 Å². The second kappa shape index (κ2) is 5.84. The van der Waals surface area contributed by atoms with E-state index in [1.54, 1.807) is 6.20 Å². The molecular formula is C16H18N4. The van der Waals surface area contributed by atoms with Gasteiger partial charge in [-0.1, -0.05) is 19.1 Å². The molecule has 3 aromatic rings. The fourth-order valence-electron chi connectivity index (χ4n) is 2.42. The zero-order valence-electron chi connectivity index (χ0n) is 11.5. The van der Waals surface area contributed by atoms with E-state index in [9.17, 15) is 0 Å². The summed E-state index contributed by atoms with van der Waals surface area (Å²) in [5, 5.41) is 8.02. The molecule has 0 radical (unpaired) electrons. The Kier molecular flexibility index (Phi) is 3.74. The number of rotatable bonds is 5. The van der Waals surface area contributed by atoms with E-state index in [0.717, 1.165) is 18.5 Å². The molecule has 0 spiro atoms. The summed E-state index contributed by atoms with van der Waals surface area (Å²) < 4.78 is 1.91. The summed E-state index contributed by atoms with van der Waals surface area (Å²) >= 11 is 0. The molecule has 0 amide bonds. The Morgan fingerprint density at radius 2 is 2.15 bits per heavy atom. The van der Waals surface area contributed by atoms with Crippen LogP contribution < -0.4 is 5.32 Å². The highest BCUT2D eigenvalue weighted by atomic mass is 15.2. The van der Waals surface area contributed by atoms with E-state index in [1.807, 2.05) is 41.3 Å². The highest BCUT2D eigenvalue weighted by molar-refractivity contribution is 5.56. The Bertz CT molecular complexity index is 675. The molecule has 0 saturated carbocycles. The lowest BCUT2D eigenvalue weighted by Crippen LogP contribution is -2.23. The Hall–Kier alpha value is -2.20. The molecule has 3 aromatic heterocycles. The van der Waals surface area contributed by atoms with Crippen molar-refractivity contribution in [3.05, 3.63) is 66.2 Å². The largest absolute Gasteiger partial charge is 0.306 e. The number of nitrogens with zero attached hydrogens (tertiary/aromatic N) is 3. The third-order valence-electron chi connectivity index (χ3n) is 3.38. The molecule has 0 fully saturated rings. The molecule has 0 saturated heterocycles. The summed E-state index contributed by atoms with van der Waals surface area (Å²) in [6, 6.07) is 10.3. The maximum atomic E-state index is 4.43. The van der Waals surface area contributed by atoms with Crippen molar-refractivity contribution in [2.75, 3.05) is 6.54 Å². The van der Waals surface area contributed by atoms with Crippen molar-refractivity contribution < 1.29 is 0 Å². The van der Waals surface area contributed by atoms with Crippen LogP contribution in [0.15, 0.2) is 55.1 Å². The van der Waals surface area contributed by atoms with E-state index >= 15 is 0 Å². The molecule has 0 aliphatic heterocycles. The monoisotopic (exact) mass is 266 g/mol. The summed E-state index contributed by atoms with van der Waals surface area (Å²) in [7, 11) is 0.